The van der Waals surface area contributed by atoms with E-state index in [0.717, 1.165) is 25.8 Å². The van der Waals surface area contributed by atoms with Gasteiger partial charge in [0, 0.05) is 19.4 Å². The minimum absolute atomic E-state index is 0.0543. The Balaban J connectivity index is 3.38. The van der Waals surface area contributed by atoms with Gasteiger partial charge in [0.15, 0.2) is 0 Å². The largest absolute Gasteiger partial charge is 0.356 e. The normalized spacial score (nSPS) is 11.2. The molecule has 3 nitrogen and oxygen atoms in total. The summed E-state index contributed by atoms with van der Waals surface area (Å²) in [7, 11) is 0. The quantitative estimate of drug-likeness (QED) is 0.680. The van der Waals surface area contributed by atoms with Crippen LogP contribution in [0.3, 0.4) is 0 Å². The Morgan fingerprint density at radius 2 is 1.69 bits per heavy atom. The van der Waals surface area contributed by atoms with E-state index >= 15 is 0 Å². The second-order valence-electron chi connectivity index (χ2n) is 5.60. The van der Waals surface area contributed by atoms with Crippen molar-refractivity contribution in [3.63, 3.8) is 0 Å². The maximum absolute atomic E-state index is 11.4. The van der Waals surface area contributed by atoms with Crippen molar-refractivity contribution < 1.29 is 9.59 Å². The van der Waals surface area contributed by atoms with Crippen LogP contribution in [0.4, 0.5) is 0 Å². The van der Waals surface area contributed by atoms with E-state index in [2.05, 4.69) is 26.1 Å². The molecular formula is C13H25NO2. The van der Waals surface area contributed by atoms with Crippen molar-refractivity contribution in [3.8, 4) is 0 Å². The monoisotopic (exact) mass is 227 g/mol. The number of Topliss-reactive ketones (excluding diaryl/α,β-unsaturated/α-hetero) is 1. The van der Waals surface area contributed by atoms with E-state index in [1.54, 1.807) is 6.92 Å². The lowest BCUT2D eigenvalue weighted by Gasteiger charge is -2.17. The molecule has 0 radical (unpaired) electrons. The fourth-order valence-electron chi connectivity index (χ4n) is 1.45. The van der Waals surface area contributed by atoms with Gasteiger partial charge in [-0.3, -0.25) is 4.79 Å². The number of hydrogen-bond donors (Lipinski definition) is 1. The molecule has 16 heavy (non-hydrogen) atoms. The van der Waals surface area contributed by atoms with Gasteiger partial charge in [0.2, 0.25) is 5.91 Å². The molecule has 0 unspecified atom stereocenters. The van der Waals surface area contributed by atoms with Gasteiger partial charge in [0.25, 0.3) is 0 Å². The average Bonchev–Trinajstić information content (AvgIpc) is 2.07. The SMILES string of the molecule is CC(=O)CCCCCNC(=O)CC(C)(C)C. The minimum atomic E-state index is 0.0543. The first-order chi connectivity index (χ1) is 7.31. The average molecular weight is 227 g/mol. The van der Waals surface area contributed by atoms with Crippen LogP contribution in [0.25, 0.3) is 0 Å². The molecule has 1 amide bonds. The zero-order chi connectivity index (χ0) is 12.6. The summed E-state index contributed by atoms with van der Waals surface area (Å²) in [4.78, 5) is 22.1. The first kappa shape index (κ1) is 15.1. The molecule has 0 bridgehead atoms. The molecule has 0 heterocycles. The highest BCUT2D eigenvalue weighted by Crippen LogP contribution is 2.17. The molecule has 94 valence electrons. The molecule has 0 aliphatic rings. The highest BCUT2D eigenvalue weighted by Gasteiger charge is 2.14. The van der Waals surface area contributed by atoms with Crippen LogP contribution in [-0.4, -0.2) is 18.2 Å². The molecule has 0 rings (SSSR count). The zero-order valence-electron chi connectivity index (χ0n) is 11.1. The molecule has 0 spiro atoms. The summed E-state index contributed by atoms with van der Waals surface area (Å²) in [5.41, 5.74) is 0.0543. The Morgan fingerprint density at radius 1 is 1.06 bits per heavy atom. The van der Waals surface area contributed by atoms with Crippen LogP contribution in [0, 0.1) is 5.41 Å². The van der Waals surface area contributed by atoms with Gasteiger partial charge in [0.05, 0.1) is 0 Å². The molecule has 0 aromatic heterocycles. The molecule has 0 saturated carbocycles. The Bertz CT molecular complexity index is 229. The Hall–Kier alpha value is -0.860. The summed E-state index contributed by atoms with van der Waals surface area (Å²) in [5, 5.41) is 2.90. The summed E-state index contributed by atoms with van der Waals surface area (Å²) in [5.74, 6) is 0.371. The molecule has 0 atom stereocenters. The summed E-state index contributed by atoms with van der Waals surface area (Å²) in [6.45, 7) is 8.51. The van der Waals surface area contributed by atoms with Gasteiger partial charge in [-0.2, -0.15) is 0 Å². The smallest absolute Gasteiger partial charge is 0.220 e. The molecule has 3 heteroatoms. The molecule has 1 N–H and O–H groups in total. The number of nitrogens with one attached hydrogen (secondary N) is 1. The van der Waals surface area contributed by atoms with E-state index in [0.29, 0.717) is 12.8 Å². The Labute approximate surface area is 99.0 Å². The van der Waals surface area contributed by atoms with Crippen molar-refractivity contribution in [1.82, 2.24) is 5.32 Å². The van der Waals surface area contributed by atoms with Crippen molar-refractivity contribution in [2.75, 3.05) is 6.54 Å². The second-order valence-corrected chi connectivity index (χ2v) is 5.60. The zero-order valence-corrected chi connectivity index (χ0v) is 11.1. The van der Waals surface area contributed by atoms with E-state index in [1.165, 1.54) is 0 Å². The third-order valence-electron chi connectivity index (χ3n) is 2.22. The second kappa shape index (κ2) is 7.42. The summed E-state index contributed by atoms with van der Waals surface area (Å²) in [6.07, 6.45) is 4.14. The van der Waals surface area contributed by atoms with Crippen LogP contribution >= 0.6 is 0 Å². The van der Waals surface area contributed by atoms with E-state index in [-0.39, 0.29) is 17.1 Å². The minimum Gasteiger partial charge on any atom is -0.356 e. The number of carbonyl (C=O) groups excluding carboxylic acids is 2. The molecule has 0 fully saturated rings. The van der Waals surface area contributed by atoms with Crippen molar-refractivity contribution in [3.05, 3.63) is 0 Å². The predicted molar refractivity (Wildman–Crippen MR) is 66.2 cm³/mol. The number of hydrogen-bond acceptors (Lipinski definition) is 2. The van der Waals surface area contributed by atoms with Crippen LogP contribution in [0.2, 0.25) is 0 Å². The lowest BCUT2D eigenvalue weighted by Crippen LogP contribution is -2.28. The maximum atomic E-state index is 11.4. The molecule has 0 saturated heterocycles. The van der Waals surface area contributed by atoms with Gasteiger partial charge in [-0.25, -0.2) is 0 Å². The third kappa shape index (κ3) is 11.2. The van der Waals surface area contributed by atoms with Crippen LogP contribution in [0.5, 0.6) is 0 Å². The van der Waals surface area contributed by atoms with Gasteiger partial charge >= 0.3 is 0 Å². The van der Waals surface area contributed by atoms with Gasteiger partial charge in [-0.1, -0.05) is 27.2 Å². The van der Waals surface area contributed by atoms with Gasteiger partial charge < -0.3 is 10.1 Å². The van der Waals surface area contributed by atoms with Crippen LogP contribution in [0.1, 0.15) is 59.8 Å². The van der Waals surface area contributed by atoms with E-state index in [1.807, 2.05) is 0 Å². The number of ketones is 1. The fraction of sp³-hybridized carbons (Fsp3) is 0.846. The maximum Gasteiger partial charge on any atom is 0.220 e. The van der Waals surface area contributed by atoms with Crippen molar-refractivity contribution in [2.45, 2.75) is 59.8 Å². The van der Waals surface area contributed by atoms with Crippen LogP contribution in [-0.2, 0) is 9.59 Å². The van der Waals surface area contributed by atoms with Crippen molar-refractivity contribution >= 4 is 11.7 Å². The van der Waals surface area contributed by atoms with Crippen molar-refractivity contribution in [1.29, 1.82) is 0 Å². The van der Waals surface area contributed by atoms with Crippen molar-refractivity contribution in [2.24, 2.45) is 5.41 Å². The number of unbranched alkanes of at least 4 members (excludes halogenated alkanes) is 2. The lowest BCUT2D eigenvalue weighted by atomic mass is 9.92. The van der Waals surface area contributed by atoms with E-state index < -0.39 is 0 Å². The highest BCUT2D eigenvalue weighted by atomic mass is 16.1. The highest BCUT2D eigenvalue weighted by molar-refractivity contribution is 5.76. The Morgan fingerprint density at radius 3 is 2.19 bits per heavy atom. The standard InChI is InChI=1S/C13H25NO2/c1-11(15)8-6-5-7-9-14-12(16)10-13(2,3)4/h5-10H2,1-4H3,(H,14,16). The van der Waals surface area contributed by atoms with E-state index in [9.17, 15) is 9.59 Å². The first-order valence-corrected chi connectivity index (χ1v) is 6.07. The van der Waals surface area contributed by atoms with Gasteiger partial charge in [-0.15, -0.1) is 0 Å². The molecule has 0 aliphatic carbocycles. The topological polar surface area (TPSA) is 46.2 Å². The Kier molecular flexibility index (Phi) is 7.02. The van der Waals surface area contributed by atoms with E-state index in [4.69, 9.17) is 0 Å². The molecular weight excluding hydrogens is 202 g/mol. The lowest BCUT2D eigenvalue weighted by molar-refractivity contribution is -0.123. The molecule has 0 aromatic rings. The number of rotatable bonds is 7. The number of amides is 1. The van der Waals surface area contributed by atoms with Crippen LogP contribution in [0.15, 0.2) is 0 Å². The summed E-state index contributed by atoms with van der Waals surface area (Å²) in [6, 6.07) is 0. The molecule has 0 aromatic carbocycles. The van der Waals surface area contributed by atoms with Gasteiger partial charge in [0.1, 0.15) is 5.78 Å². The summed E-state index contributed by atoms with van der Waals surface area (Å²) < 4.78 is 0. The third-order valence-corrected chi connectivity index (χ3v) is 2.22. The predicted octanol–water partition coefficient (Wildman–Crippen LogP) is 2.69. The van der Waals surface area contributed by atoms with Crippen LogP contribution < -0.4 is 5.32 Å². The molecule has 0 aliphatic heterocycles. The fourth-order valence-corrected chi connectivity index (χ4v) is 1.45. The van der Waals surface area contributed by atoms with Gasteiger partial charge in [-0.05, 0) is 25.2 Å². The number of carbonyl (C=O) groups is 2. The summed E-state index contributed by atoms with van der Waals surface area (Å²) >= 11 is 0. The first-order valence-electron chi connectivity index (χ1n) is 6.07.